The zero-order valence-electron chi connectivity index (χ0n) is 17.0. The normalized spacial score (nSPS) is 14.6. The highest BCUT2D eigenvalue weighted by Gasteiger charge is 2.25. The molecule has 0 atom stereocenters. The number of halogens is 1. The predicted octanol–water partition coefficient (Wildman–Crippen LogP) is 3.69. The lowest BCUT2D eigenvalue weighted by molar-refractivity contribution is 0.0746. The van der Waals surface area contributed by atoms with Crippen molar-refractivity contribution in [3.8, 4) is 11.5 Å². The van der Waals surface area contributed by atoms with Gasteiger partial charge in [0.15, 0.2) is 11.5 Å². The van der Waals surface area contributed by atoms with Crippen LogP contribution in [0, 0.1) is 5.92 Å². The van der Waals surface area contributed by atoms with E-state index in [2.05, 4.69) is 0 Å². The molecule has 0 N–H and O–H groups in total. The Morgan fingerprint density at radius 2 is 1.82 bits per heavy atom. The Kier molecular flexibility index (Phi) is 8.23. The maximum atomic E-state index is 13.0. The second kappa shape index (κ2) is 10.4. The van der Waals surface area contributed by atoms with Crippen LogP contribution >= 0.6 is 11.6 Å². The lowest BCUT2D eigenvalue weighted by Gasteiger charge is -2.23. The van der Waals surface area contributed by atoms with Gasteiger partial charge in [0.2, 0.25) is 0 Å². The molecule has 28 heavy (non-hydrogen) atoms. The molecule has 1 fully saturated rings. The summed E-state index contributed by atoms with van der Waals surface area (Å²) in [6.07, 6.45) is 0.360. The Hall–Kier alpha value is -2.15. The summed E-state index contributed by atoms with van der Waals surface area (Å²) < 4.78 is 16.1. The molecule has 0 unspecified atom stereocenters. The minimum atomic E-state index is -0.325. The fourth-order valence-electron chi connectivity index (χ4n) is 2.94. The summed E-state index contributed by atoms with van der Waals surface area (Å²) in [5.41, 5.74) is 0.432. The van der Waals surface area contributed by atoms with Gasteiger partial charge in [-0.1, -0.05) is 25.4 Å². The molecule has 1 saturated heterocycles. The van der Waals surface area contributed by atoms with Gasteiger partial charge in [-0.15, -0.1) is 0 Å². The van der Waals surface area contributed by atoms with E-state index in [-0.39, 0.29) is 17.9 Å². The highest BCUT2D eigenvalue weighted by molar-refractivity contribution is 6.32. The molecule has 1 aliphatic heterocycles. The number of methoxy groups -OCH3 is 1. The lowest BCUT2D eigenvalue weighted by atomic mass is 10.1. The zero-order chi connectivity index (χ0) is 20.7. The first-order valence-electron chi connectivity index (χ1n) is 9.58. The minimum Gasteiger partial charge on any atom is -0.493 e. The molecule has 0 aliphatic carbocycles. The highest BCUT2D eigenvalue weighted by Crippen LogP contribution is 2.36. The van der Waals surface area contributed by atoms with Crippen LogP contribution in [0.3, 0.4) is 0 Å². The molecule has 1 aromatic rings. The van der Waals surface area contributed by atoms with Gasteiger partial charge in [-0.2, -0.15) is 0 Å². The van der Waals surface area contributed by atoms with Crippen LogP contribution in [-0.2, 0) is 4.74 Å². The van der Waals surface area contributed by atoms with E-state index in [0.717, 1.165) is 0 Å². The summed E-state index contributed by atoms with van der Waals surface area (Å²) in [5, 5.41) is 0.332. The second-order valence-corrected chi connectivity index (χ2v) is 7.43. The van der Waals surface area contributed by atoms with E-state index in [1.165, 1.54) is 7.11 Å². The van der Waals surface area contributed by atoms with Crippen molar-refractivity contribution in [2.75, 3.05) is 46.5 Å². The third-order valence-corrected chi connectivity index (χ3v) is 4.63. The molecular formula is C20H29ClN2O5. The van der Waals surface area contributed by atoms with Crippen LogP contribution in [0.4, 0.5) is 4.79 Å². The maximum absolute atomic E-state index is 13.0. The van der Waals surface area contributed by atoms with E-state index in [9.17, 15) is 9.59 Å². The first kappa shape index (κ1) is 22.1. The Bertz CT molecular complexity index is 695. The fourth-order valence-corrected chi connectivity index (χ4v) is 3.21. The average Bonchev–Trinajstić information content (AvgIpc) is 2.93. The molecule has 0 aromatic heterocycles. The molecule has 156 valence electrons. The van der Waals surface area contributed by atoms with Gasteiger partial charge in [-0.05, 0) is 31.4 Å². The molecule has 1 aliphatic rings. The van der Waals surface area contributed by atoms with Gasteiger partial charge in [-0.25, -0.2) is 4.79 Å². The topological polar surface area (TPSA) is 68.3 Å². The number of ether oxygens (including phenoxy) is 3. The summed E-state index contributed by atoms with van der Waals surface area (Å²) in [7, 11) is 1.51. The van der Waals surface area contributed by atoms with Crippen molar-refractivity contribution in [2.24, 2.45) is 5.92 Å². The van der Waals surface area contributed by atoms with Gasteiger partial charge in [-0.3, -0.25) is 4.79 Å². The maximum Gasteiger partial charge on any atom is 0.409 e. The molecular weight excluding hydrogens is 384 g/mol. The Labute approximate surface area is 171 Å². The van der Waals surface area contributed by atoms with E-state index in [1.54, 1.807) is 21.9 Å². The summed E-state index contributed by atoms with van der Waals surface area (Å²) in [4.78, 5) is 28.5. The number of amides is 2. The van der Waals surface area contributed by atoms with E-state index in [1.807, 2.05) is 20.8 Å². The quantitative estimate of drug-likeness (QED) is 0.712. The van der Waals surface area contributed by atoms with Crippen molar-refractivity contribution in [1.82, 2.24) is 9.80 Å². The van der Waals surface area contributed by atoms with Crippen LogP contribution in [-0.4, -0.2) is 68.3 Å². The van der Waals surface area contributed by atoms with Crippen molar-refractivity contribution in [1.29, 1.82) is 0 Å². The molecule has 1 aromatic carbocycles. The number of carbonyl (C=O) groups excluding carboxylic acids is 2. The molecule has 1 heterocycles. The summed E-state index contributed by atoms with van der Waals surface area (Å²) in [6.45, 7) is 8.66. The van der Waals surface area contributed by atoms with E-state index in [0.29, 0.717) is 67.9 Å². The van der Waals surface area contributed by atoms with E-state index < -0.39 is 0 Å². The number of nitrogens with zero attached hydrogens (tertiary/aromatic N) is 2. The second-order valence-electron chi connectivity index (χ2n) is 7.03. The van der Waals surface area contributed by atoms with Crippen molar-refractivity contribution < 1.29 is 23.8 Å². The van der Waals surface area contributed by atoms with Crippen molar-refractivity contribution in [2.45, 2.75) is 27.2 Å². The van der Waals surface area contributed by atoms with Gasteiger partial charge in [0, 0.05) is 31.7 Å². The summed E-state index contributed by atoms with van der Waals surface area (Å²) in [5.74, 6) is 0.985. The SMILES string of the molecule is CCOc1c(Cl)cc(C(=O)N2CCCN(C(=O)OCC(C)C)CC2)cc1OC. The number of carbonyl (C=O) groups is 2. The molecule has 0 saturated carbocycles. The van der Waals surface area contributed by atoms with Crippen LogP contribution in [0.25, 0.3) is 0 Å². The molecule has 8 heteroatoms. The largest absolute Gasteiger partial charge is 0.493 e. The Morgan fingerprint density at radius 3 is 2.46 bits per heavy atom. The summed E-state index contributed by atoms with van der Waals surface area (Å²) >= 11 is 6.29. The zero-order valence-corrected chi connectivity index (χ0v) is 17.8. The van der Waals surface area contributed by atoms with Crippen LogP contribution in [0.15, 0.2) is 12.1 Å². The minimum absolute atomic E-state index is 0.152. The fraction of sp³-hybridized carbons (Fsp3) is 0.600. The van der Waals surface area contributed by atoms with E-state index in [4.69, 9.17) is 25.8 Å². The van der Waals surface area contributed by atoms with Crippen LogP contribution < -0.4 is 9.47 Å². The average molecular weight is 413 g/mol. The monoisotopic (exact) mass is 412 g/mol. The van der Waals surface area contributed by atoms with Crippen LogP contribution in [0.2, 0.25) is 5.02 Å². The molecule has 2 rings (SSSR count). The van der Waals surface area contributed by atoms with Crippen LogP contribution in [0.5, 0.6) is 11.5 Å². The molecule has 2 amide bonds. The van der Waals surface area contributed by atoms with Gasteiger partial charge < -0.3 is 24.0 Å². The first-order valence-corrected chi connectivity index (χ1v) is 9.96. The van der Waals surface area contributed by atoms with Gasteiger partial charge in [0.25, 0.3) is 5.91 Å². The molecule has 0 radical (unpaired) electrons. The molecule has 0 spiro atoms. The van der Waals surface area contributed by atoms with Crippen molar-refractivity contribution in [3.05, 3.63) is 22.7 Å². The van der Waals surface area contributed by atoms with Gasteiger partial charge in [0.1, 0.15) is 0 Å². The van der Waals surface area contributed by atoms with Crippen molar-refractivity contribution in [3.63, 3.8) is 0 Å². The summed E-state index contributed by atoms with van der Waals surface area (Å²) in [6, 6.07) is 3.23. The standard InChI is InChI=1S/C20H29ClN2O5/c1-5-27-18-16(21)11-15(12-17(18)26-4)19(24)22-7-6-8-23(10-9-22)20(25)28-13-14(2)3/h11-12,14H,5-10,13H2,1-4H3. The highest BCUT2D eigenvalue weighted by atomic mass is 35.5. The third kappa shape index (κ3) is 5.67. The third-order valence-electron chi connectivity index (χ3n) is 4.35. The smallest absolute Gasteiger partial charge is 0.409 e. The first-order chi connectivity index (χ1) is 13.4. The van der Waals surface area contributed by atoms with Gasteiger partial charge in [0.05, 0.1) is 25.3 Å². The Balaban J connectivity index is 2.07. The number of hydrogen-bond donors (Lipinski definition) is 0. The van der Waals surface area contributed by atoms with Crippen LogP contribution in [0.1, 0.15) is 37.6 Å². The predicted molar refractivity (Wildman–Crippen MR) is 107 cm³/mol. The Morgan fingerprint density at radius 1 is 1.14 bits per heavy atom. The number of benzene rings is 1. The van der Waals surface area contributed by atoms with Gasteiger partial charge >= 0.3 is 6.09 Å². The lowest BCUT2D eigenvalue weighted by Crippen LogP contribution is -2.38. The number of rotatable bonds is 6. The number of hydrogen-bond acceptors (Lipinski definition) is 5. The molecule has 7 nitrogen and oxygen atoms in total. The van der Waals surface area contributed by atoms with Crippen molar-refractivity contribution >= 4 is 23.6 Å². The molecule has 0 bridgehead atoms. The van der Waals surface area contributed by atoms with E-state index >= 15 is 0 Å².